The summed E-state index contributed by atoms with van der Waals surface area (Å²) in [7, 11) is 0. The van der Waals surface area contributed by atoms with Gasteiger partial charge in [-0.1, -0.05) is 33.6 Å². The molecule has 0 aliphatic carbocycles. The first kappa shape index (κ1) is 17.8. The molecule has 1 saturated heterocycles. The quantitative estimate of drug-likeness (QED) is 0.785. The van der Waals surface area contributed by atoms with Crippen LogP contribution in [0.3, 0.4) is 0 Å². The van der Waals surface area contributed by atoms with Crippen molar-refractivity contribution in [2.24, 2.45) is 5.92 Å². The Morgan fingerprint density at radius 3 is 2.24 bits per heavy atom. The Labute approximate surface area is 128 Å². The van der Waals surface area contributed by atoms with Crippen LogP contribution in [-0.4, -0.2) is 52.6 Å². The van der Waals surface area contributed by atoms with Gasteiger partial charge in [-0.3, -0.25) is 0 Å². The van der Waals surface area contributed by atoms with E-state index in [-0.39, 0.29) is 6.03 Å². The predicted octanol–water partition coefficient (Wildman–Crippen LogP) is 3.19. The van der Waals surface area contributed by atoms with Crippen LogP contribution in [0, 0.1) is 5.92 Å². The molecule has 0 radical (unpaired) electrons. The van der Waals surface area contributed by atoms with Crippen molar-refractivity contribution in [3.05, 3.63) is 0 Å². The van der Waals surface area contributed by atoms with Crippen LogP contribution in [0.25, 0.3) is 0 Å². The molecule has 2 unspecified atom stereocenters. The molecule has 0 spiro atoms. The Morgan fingerprint density at radius 2 is 1.76 bits per heavy atom. The fourth-order valence-electron chi connectivity index (χ4n) is 2.79. The summed E-state index contributed by atoms with van der Waals surface area (Å²) in [6, 6.07) is -0.747. The molecule has 122 valence electrons. The van der Waals surface area contributed by atoms with E-state index in [0.717, 1.165) is 45.2 Å². The van der Waals surface area contributed by atoms with Gasteiger partial charge < -0.3 is 14.9 Å². The molecule has 21 heavy (non-hydrogen) atoms. The number of amides is 2. The Kier molecular flexibility index (Phi) is 7.54. The molecule has 1 aliphatic rings. The molecule has 2 amide bonds. The smallest absolute Gasteiger partial charge is 0.326 e. The van der Waals surface area contributed by atoms with Crippen molar-refractivity contribution >= 4 is 12.0 Å². The maximum absolute atomic E-state index is 12.7. The van der Waals surface area contributed by atoms with Crippen molar-refractivity contribution < 1.29 is 14.7 Å². The number of piperidine rings is 1. The van der Waals surface area contributed by atoms with E-state index in [4.69, 9.17) is 0 Å². The number of carboxylic acids is 1. The second-order valence-electron chi connectivity index (χ2n) is 6.15. The van der Waals surface area contributed by atoms with Gasteiger partial charge in [0.2, 0.25) is 0 Å². The van der Waals surface area contributed by atoms with E-state index in [2.05, 4.69) is 20.8 Å². The monoisotopic (exact) mass is 298 g/mol. The minimum Gasteiger partial charge on any atom is -0.480 e. The fourth-order valence-corrected chi connectivity index (χ4v) is 2.79. The van der Waals surface area contributed by atoms with Crippen molar-refractivity contribution in [2.45, 2.75) is 65.3 Å². The summed E-state index contributed by atoms with van der Waals surface area (Å²) in [5.41, 5.74) is 0. The van der Waals surface area contributed by atoms with E-state index in [9.17, 15) is 14.7 Å². The lowest BCUT2D eigenvalue weighted by Gasteiger charge is -2.39. The molecule has 0 aromatic heterocycles. The van der Waals surface area contributed by atoms with Crippen molar-refractivity contribution in [3.8, 4) is 0 Å². The van der Waals surface area contributed by atoms with Crippen LogP contribution in [0.4, 0.5) is 4.79 Å². The summed E-state index contributed by atoms with van der Waals surface area (Å²) in [5, 5.41) is 9.40. The molecule has 0 aromatic carbocycles. The summed E-state index contributed by atoms with van der Waals surface area (Å²) < 4.78 is 0. The minimum atomic E-state index is -0.874. The molecule has 1 heterocycles. The molecule has 5 heteroatoms. The normalized spacial score (nSPS) is 22.1. The minimum absolute atomic E-state index is 0.0869. The third-order valence-electron chi connectivity index (χ3n) is 4.23. The van der Waals surface area contributed by atoms with Crippen LogP contribution in [0.5, 0.6) is 0 Å². The summed E-state index contributed by atoms with van der Waals surface area (Å²) in [6.45, 7) is 8.28. The van der Waals surface area contributed by atoms with Gasteiger partial charge in [0.25, 0.3) is 0 Å². The summed E-state index contributed by atoms with van der Waals surface area (Å²) in [5.74, 6) is -0.504. The summed E-state index contributed by atoms with van der Waals surface area (Å²) in [6.07, 6.45) is 5.47. The zero-order valence-corrected chi connectivity index (χ0v) is 13.7. The van der Waals surface area contributed by atoms with Crippen LogP contribution in [0.1, 0.15) is 59.3 Å². The average molecular weight is 298 g/mol. The first-order valence-electron chi connectivity index (χ1n) is 8.29. The topological polar surface area (TPSA) is 60.9 Å². The Morgan fingerprint density at radius 1 is 1.19 bits per heavy atom. The highest BCUT2D eigenvalue weighted by atomic mass is 16.4. The molecule has 1 aliphatic heterocycles. The zero-order valence-electron chi connectivity index (χ0n) is 13.7. The molecule has 1 rings (SSSR count). The predicted molar refractivity (Wildman–Crippen MR) is 83.3 cm³/mol. The largest absolute Gasteiger partial charge is 0.480 e. The van der Waals surface area contributed by atoms with Gasteiger partial charge >= 0.3 is 12.0 Å². The van der Waals surface area contributed by atoms with Gasteiger partial charge in [0.05, 0.1) is 0 Å². The van der Waals surface area contributed by atoms with Crippen LogP contribution >= 0.6 is 0 Å². The molecular formula is C16H30N2O3. The number of hydrogen-bond acceptors (Lipinski definition) is 2. The van der Waals surface area contributed by atoms with Crippen LogP contribution in [0.2, 0.25) is 0 Å². The second kappa shape index (κ2) is 8.90. The number of aliphatic carboxylic acids is 1. The van der Waals surface area contributed by atoms with Crippen molar-refractivity contribution in [2.75, 3.05) is 19.6 Å². The lowest BCUT2D eigenvalue weighted by atomic mass is 9.92. The Bertz CT molecular complexity index is 338. The van der Waals surface area contributed by atoms with Crippen molar-refractivity contribution in [1.82, 2.24) is 9.80 Å². The van der Waals surface area contributed by atoms with Crippen molar-refractivity contribution in [1.29, 1.82) is 0 Å². The fraction of sp³-hybridized carbons (Fsp3) is 0.875. The number of hydrogen-bond donors (Lipinski definition) is 1. The number of likely N-dealkylation sites (tertiary alicyclic amines) is 1. The van der Waals surface area contributed by atoms with Gasteiger partial charge in [0.1, 0.15) is 6.04 Å². The van der Waals surface area contributed by atoms with Gasteiger partial charge in [-0.2, -0.15) is 0 Å². The molecule has 5 nitrogen and oxygen atoms in total. The molecule has 0 saturated carbocycles. The van der Waals surface area contributed by atoms with Crippen LogP contribution in [-0.2, 0) is 4.79 Å². The number of unbranched alkanes of at least 4 members (excludes halogenated alkanes) is 2. The third-order valence-corrected chi connectivity index (χ3v) is 4.23. The van der Waals surface area contributed by atoms with E-state index in [1.54, 1.807) is 4.90 Å². The van der Waals surface area contributed by atoms with E-state index in [0.29, 0.717) is 18.9 Å². The first-order chi connectivity index (χ1) is 10.0. The number of carbonyl (C=O) groups is 2. The highest BCUT2D eigenvalue weighted by Crippen LogP contribution is 2.24. The van der Waals surface area contributed by atoms with E-state index < -0.39 is 12.0 Å². The molecule has 1 fully saturated rings. The molecule has 2 atom stereocenters. The molecule has 0 bridgehead atoms. The van der Waals surface area contributed by atoms with Crippen LogP contribution < -0.4 is 0 Å². The second-order valence-corrected chi connectivity index (χ2v) is 6.15. The molecule has 0 aromatic rings. The van der Waals surface area contributed by atoms with Gasteiger partial charge in [-0.25, -0.2) is 9.59 Å². The lowest BCUT2D eigenvalue weighted by molar-refractivity contribution is -0.144. The van der Waals surface area contributed by atoms with Gasteiger partial charge in [-0.15, -0.1) is 0 Å². The number of rotatable bonds is 7. The van der Waals surface area contributed by atoms with Gasteiger partial charge in [0.15, 0.2) is 0 Å². The van der Waals surface area contributed by atoms with E-state index >= 15 is 0 Å². The van der Waals surface area contributed by atoms with Crippen LogP contribution in [0.15, 0.2) is 0 Å². The zero-order chi connectivity index (χ0) is 15.8. The van der Waals surface area contributed by atoms with Crippen molar-refractivity contribution in [3.63, 3.8) is 0 Å². The van der Waals surface area contributed by atoms with Gasteiger partial charge in [-0.05, 0) is 31.6 Å². The summed E-state index contributed by atoms with van der Waals surface area (Å²) in [4.78, 5) is 27.6. The number of urea groups is 1. The van der Waals surface area contributed by atoms with Gasteiger partial charge in [0, 0.05) is 19.6 Å². The first-order valence-corrected chi connectivity index (χ1v) is 8.29. The average Bonchev–Trinajstić information content (AvgIpc) is 2.46. The third kappa shape index (κ3) is 5.21. The Hall–Kier alpha value is -1.26. The Balaban J connectivity index is 2.76. The molecular weight excluding hydrogens is 268 g/mol. The van der Waals surface area contributed by atoms with E-state index in [1.807, 2.05) is 4.90 Å². The maximum Gasteiger partial charge on any atom is 0.326 e. The lowest BCUT2D eigenvalue weighted by Crippen LogP contribution is -2.54. The number of carbonyl (C=O) groups excluding carboxylic acids is 1. The maximum atomic E-state index is 12.7. The number of carboxylic acid groups (broad SMARTS) is 1. The van der Waals surface area contributed by atoms with E-state index in [1.165, 1.54) is 0 Å². The highest BCUT2D eigenvalue weighted by molar-refractivity contribution is 5.83. The SMILES string of the molecule is CCCCN(CCCC)C(=O)N1CCC(C)CC1C(=O)O. The molecule has 1 N–H and O–H groups in total. The standard InChI is InChI=1S/C16H30N2O3/c1-4-6-9-17(10-7-5-2)16(21)18-11-8-13(3)12-14(18)15(19)20/h13-14H,4-12H2,1-3H3,(H,19,20). The highest BCUT2D eigenvalue weighted by Gasteiger charge is 2.36. The summed E-state index contributed by atoms with van der Waals surface area (Å²) >= 11 is 0. The number of nitrogens with zero attached hydrogens (tertiary/aromatic N) is 2.